The molecule has 1 unspecified atom stereocenters. The molecule has 0 saturated heterocycles. The molecule has 90 valence electrons. The molecule has 1 atom stereocenters. The maximum Gasteiger partial charge on any atom is 0.335 e. The van der Waals surface area contributed by atoms with Gasteiger partial charge >= 0.3 is 5.97 Å². The molecule has 0 aromatic rings. The van der Waals surface area contributed by atoms with Crippen molar-refractivity contribution >= 4 is 5.97 Å². The van der Waals surface area contributed by atoms with E-state index < -0.39 is 12.1 Å². The van der Waals surface area contributed by atoms with Gasteiger partial charge in [0, 0.05) is 6.61 Å². The van der Waals surface area contributed by atoms with Crippen LogP contribution in [0.3, 0.4) is 0 Å². The lowest BCUT2D eigenvalue weighted by atomic mass is 10.4. The molecular formula is C10H20O5. The molecule has 0 bridgehead atoms. The first-order chi connectivity index (χ1) is 7.07. The average Bonchev–Trinajstić information content (AvgIpc) is 2.15. The Balaban J connectivity index is 3.49. The van der Waals surface area contributed by atoms with Gasteiger partial charge in [-0.1, -0.05) is 0 Å². The van der Waals surface area contributed by atoms with E-state index in [1.807, 2.05) is 13.8 Å². The summed E-state index contributed by atoms with van der Waals surface area (Å²) in [6.45, 7) is 6.89. The zero-order chi connectivity index (χ0) is 11.7. The quantitative estimate of drug-likeness (QED) is 0.585. The van der Waals surface area contributed by atoms with Crippen LogP contribution >= 0.6 is 0 Å². The van der Waals surface area contributed by atoms with E-state index >= 15 is 0 Å². The number of rotatable bonds is 9. The third-order valence-corrected chi connectivity index (χ3v) is 1.59. The SMILES string of the molecule is CCOC(COCCOC(C)C)C(=O)O. The molecule has 0 aliphatic rings. The molecule has 0 spiro atoms. The molecule has 0 radical (unpaired) electrons. The van der Waals surface area contributed by atoms with Crippen molar-refractivity contribution in [3.05, 3.63) is 0 Å². The van der Waals surface area contributed by atoms with Crippen molar-refractivity contribution in [3.8, 4) is 0 Å². The Labute approximate surface area is 90.3 Å². The second-order valence-electron chi connectivity index (χ2n) is 3.28. The largest absolute Gasteiger partial charge is 0.479 e. The highest BCUT2D eigenvalue weighted by molar-refractivity contribution is 5.72. The van der Waals surface area contributed by atoms with Gasteiger partial charge in [0.2, 0.25) is 0 Å². The molecule has 0 heterocycles. The number of carboxylic acid groups (broad SMARTS) is 1. The summed E-state index contributed by atoms with van der Waals surface area (Å²) in [5.41, 5.74) is 0. The number of ether oxygens (including phenoxy) is 3. The lowest BCUT2D eigenvalue weighted by molar-refractivity contribution is -0.154. The van der Waals surface area contributed by atoms with E-state index in [4.69, 9.17) is 19.3 Å². The van der Waals surface area contributed by atoms with Crippen LogP contribution in [0.25, 0.3) is 0 Å². The summed E-state index contributed by atoms with van der Waals surface area (Å²) in [5.74, 6) is -0.998. The lowest BCUT2D eigenvalue weighted by Crippen LogP contribution is -2.29. The monoisotopic (exact) mass is 220 g/mol. The van der Waals surface area contributed by atoms with Gasteiger partial charge in [0.05, 0.1) is 25.9 Å². The van der Waals surface area contributed by atoms with Crippen molar-refractivity contribution in [1.29, 1.82) is 0 Å². The minimum atomic E-state index is -0.998. The third-order valence-electron chi connectivity index (χ3n) is 1.59. The van der Waals surface area contributed by atoms with Gasteiger partial charge in [-0.05, 0) is 20.8 Å². The first kappa shape index (κ1) is 14.3. The maximum atomic E-state index is 10.6. The smallest absolute Gasteiger partial charge is 0.335 e. The van der Waals surface area contributed by atoms with Crippen LogP contribution < -0.4 is 0 Å². The van der Waals surface area contributed by atoms with E-state index in [2.05, 4.69) is 0 Å². The molecule has 0 fully saturated rings. The summed E-state index contributed by atoms with van der Waals surface area (Å²) in [7, 11) is 0. The summed E-state index contributed by atoms with van der Waals surface area (Å²) >= 11 is 0. The molecule has 0 rings (SSSR count). The van der Waals surface area contributed by atoms with Crippen LogP contribution in [0, 0.1) is 0 Å². The Bertz CT molecular complexity index is 169. The molecule has 0 aromatic carbocycles. The molecule has 0 aliphatic carbocycles. The topological polar surface area (TPSA) is 65.0 Å². The summed E-state index contributed by atoms with van der Waals surface area (Å²) in [6.07, 6.45) is -0.718. The molecule has 15 heavy (non-hydrogen) atoms. The summed E-state index contributed by atoms with van der Waals surface area (Å²) in [6, 6.07) is 0. The van der Waals surface area contributed by atoms with E-state index in [0.717, 1.165) is 0 Å². The van der Waals surface area contributed by atoms with E-state index in [-0.39, 0.29) is 12.7 Å². The first-order valence-corrected chi connectivity index (χ1v) is 5.11. The van der Waals surface area contributed by atoms with Gasteiger partial charge in [-0.25, -0.2) is 4.79 Å². The zero-order valence-corrected chi connectivity index (χ0v) is 9.56. The van der Waals surface area contributed by atoms with Crippen LogP contribution in [0.15, 0.2) is 0 Å². The Morgan fingerprint density at radius 1 is 1.27 bits per heavy atom. The predicted octanol–water partition coefficient (Wildman–Crippen LogP) is 0.918. The van der Waals surface area contributed by atoms with Gasteiger partial charge in [-0.2, -0.15) is 0 Å². The van der Waals surface area contributed by atoms with Gasteiger partial charge in [-0.3, -0.25) is 0 Å². The molecule has 0 amide bonds. The normalized spacial score (nSPS) is 13.1. The predicted molar refractivity (Wildman–Crippen MR) is 55.0 cm³/mol. The number of carbonyl (C=O) groups is 1. The number of hydrogen-bond donors (Lipinski definition) is 1. The highest BCUT2D eigenvalue weighted by Gasteiger charge is 2.17. The Morgan fingerprint density at radius 2 is 1.93 bits per heavy atom. The van der Waals surface area contributed by atoms with E-state index in [0.29, 0.717) is 19.8 Å². The fourth-order valence-corrected chi connectivity index (χ4v) is 0.925. The number of hydrogen-bond acceptors (Lipinski definition) is 4. The average molecular weight is 220 g/mol. The fourth-order valence-electron chi connectivity index (χ4n) is 0.925. The van der Waals surface area contributed by atoms with Gasteiger partial charge < -0.3 is 19.3 Å². The minimum absolute atomic E-state index is 0.0601. The summed E-state index contributed by atoms with van der Waals surface area (Å²) in [4.78, 5) is 10.6. The highest BCUT2D eigenvalue weighted by Crippen LogP contribution is 1.94. The molecule has 0 aliphatic heterocycles. The maximum absolute atomic E-state index is 10.6. The zero-order valence-electron chi connectivity index (χ0n) is 9.56. The van der Waals surface area contributed by atoms with Gasteiger partial charge in [0.1, 0.15) is 0 Å². The lowest BCUT2D eigenvalue weighted by Gasteiger charge is -2.13. The molecular weight excluding hydrogens is 200 g/mol. The van der Waals surface area contributed by atoms with Crippen molar-refractivity contribution in [2.24, 2.45) is 0 Å². The Hall–Kier alpha value is -0.650. The van der Waals surface area contributed by atoms with E-state index in [1.165, 1.54) is 0 Å². The fraction of sp³-hybridized carbons (Fsp3) is 0.900. The second kappa shape index (κ2) is 8.64. The highest BCUT2D eigenvalue weighted by atomic mass is 16.6. The molecule has 5 nitrogen and oxygen atoms in total. The first-order valence-electron chi connectivity index (χ1n) is 5.11. The van der Waals surface area contributed by atoms with Crippen molar-refractivity contribution < 1.29 is 24.1 Å². The van der Waals surface area contributed by atoms with Crippen LogP contribution in [0.4, 0.5) is 0 Å². The molecule has 1 N–H and O–H groups in total. The van der Waals surface area contributed by atoms with Gasteiger partial charge in [0.25, 0.3) is 0 Å². The van der Waals surface area contributed by atoms with E-state index in [9.17, 15) is 4.79 Å². The van der Waals surface area contributed by atoms with Gasteiger partial charge in [-0.15, -0.1) is 0 Å². The molecule has 5 heteroatoms. The van der Waals surface area contributed by atoms with Crippen LogP contribution in [0.2, 0.25) is 0 Å². The molecule has 0 saturated carbocycles. The van der Waals surface area contributed by atoms with E-state index in [1.54, 1.807) is 6.92 Å². The molecule has 0 aromatic heterocycles. The van der Waals surface area contributed by atoms with Gasteiger partial charge in [0.15, 0.2) is 6.10 Å². The van der Waals surface area contributed by atoms with Crippen LogP contribution in [-0.2, 0) is 19.0 Å². The Kier molecular flexibility index (Phi) is 8.27. The second-order valence-corrected chi connectivity index (χ2v) is 3.28. The number of carboxylic acids is 1. The Morgan fingerprint density at radius 3 is 2.40 bits per heavy atom. The summed E-state index contributed by atoms with van der Waals surface area (Å²) < 4.78 is 15.3. The van der Waals surface area contributed by atoms with Crippen molar-refractivity contribution in [3.63, 3.8) is 0 Å². The number of aliphatic carboxylic acids is 1. The minimum Gasteiger partial charge on any atom is -0.479 e. The summed E-state index contributed by atoms with van der Waals surface area (Å²) in [5, 5.41) is 8.71. The van der Waals surface area contributed by atoms with Crippen LogP contribution in [0.5, 0.6) is 0 Å². The third kappa shape index (κ3) is 8.35. The van der Waals surface area contributed by atoms with Crippen molar-refractivity contribution in [2.75, 3.05) is 26.4 Å². The van der Waals surface area contributed by atoms with Crippen LogP contribution in [0.1, 0.15) is 20.8 Å². The van der Waals surface area contributed by atoms with Crippen molar-refractivity contribution in [1.82, 2.24) is 0 Å². The standard InChI is InChI=1S/C10H20O5/c1-4-14-9(10(11)12)7-13-5-6-15-8(2)3/h8-9H,4-7H2,1-3H3,(H,11,12). The van der Waals surface area contributed by atoms with Crippen LogP contribution in [-0.4, -0.2) is 49.7 Å². The van der Waals surface area contributed by atoms with Crippen molar-refractivity contribution in [2.45, 2.75) is 33.0 Å².